The second-order valence-electron chi connectivity index (χ2n) is 6.91. The molecule has 1 atom stereocenters. The Morgan fingerprint density at radius 1 is 0.778 bits per heavy atom. The zero-order valence-electron chi connectivity index (χ0n) is 15.9. The van der Waals surface area contributed by atoms with Gasteiger partial charge < -0.3 is 4.74 Å². The largest absolute Gasteiger partial charge is 0.465 e. The molecule has 0 N–H and O–H groups in total. The van der Waals surface area contributed by atoms with Gasteiger partial charge in [-0.2, -0.15) is 0 Å². The molecule has 0 radical (unpaired) electrons. The fraction of sp³-hybridized carbons (Fsp3) is 0.208. The van der Waals surface area contributed by atoms with E-state index in [1.54, 1.807) is 0 Å². The van der Waals surface area contributed by atoms with E-state index >= 15 is 0 Å². The van der Waals surface area contributed by atoms with Gasteiger partial charge in [-0.05, 0) is 36.4 Å². The van der Waals surface area contributed by atoms with Crippen molar-refractivity contribution in [3.05, 3.63) is 91.0 Å². The van der Waals surface area contributed by atoms with Crippen molar-refractivity contribution < 1.29 is 9.53 Å². The molecule has 0 aliphatic rings. The van der Waals surface area contributed by atoms with Gasteiger partial charge in [0, 0.05) is 12.8 Å². The van der Waals surface area contributed by atoms with E-state index in [0.29, 0.717) is 6.61 Å². The highest BCUT2D eigenvalue weighted by Crippen LogP contribution is 2.56. The molecule has 3 aromatic carbocycles. The van der Waals surface area contributed by atoms with Gasteiger partial charge in [0.05, 0.1) is 12.8 Å². The van der Waals surface area contributed by atoms with Crippen LogP contribution in [0.4, 0.5) is 0 Å². The molecule has 0 aliphatic heterocycles. The summed E-state index contributed by atoms with van der Waals surface area (Å²) in [6.07, 6.45) is 0.957. The summed E-state index contributed by atoms with van der Waals surface area (Å²) in [5, 5.41) is 4.08. The standard InChI is InChI=1S/C24H26O2P/c1-20(18-26-21(2)25)19-27(22-12-6-3-7-13-22,23-14-8-4-9-15-23)24-16-10-5-11-17-24/h3-17,20H,18-19H2,1-2H3/q+1/t20-/m0/s1. The molecule has 3 aromatic rings. The van der Waals surface area contributed by atoms with Crippen molar-refractivity contribution in [2.45, 2.75) is 13.8 Å². The molecule has 0 saturated heterocycles. The molecule has 0 heterocycles. The van der Waals surface area contributed by atoms with Gasteiger partial charge in [0.25, 0.3) is 0 Å². The zero-order valence-corrected chi connectivity index (χ0v) is 16.8. The van der Waals surface area contributed by atoms with Crippen molar-refractivity contribution in [2.24, 2.45) is 5.92 Å². The van der Waals surface area contributed by atoms with Gasteiger partial charge in [-0.1, -0.05) is 61.5 Å². The molecule has 0 spiro atoms. The normalized spacial score (nSPS) is 12.4. The molecular weight excluding hydrogens is 351 g/mol. The number of carbonyl (C=O) groups excluding carboxylic acids is 1. The van der Waals surface area contributed by atoms with Crippen molar-refractivity contribution in [1.82, 2.24) is 0 Å². The van der Waals surface area contributed by atoms with Crippen molar-refractivity contribution in [1.29, 1.82) is 0 Å². The maximum atomic E-state index is 11.3. The highest BCUT2D eigenvalue weighted by Gasteiger charge is 2.46. The van der Waals surface area contributed by atoms with Gasteiger partial charge in [0.1, 0.15) is 23.2 Å². The average molecular weight is 377 g/mol. The Labute approximate surface area is 162 Å². The minimum Gasteiger partial charge on any atom is -0.465 e. The van der Waals surface area contributed by atoms with Crippen molar-refractivity contribution in [3.8, 4) is 0 Å². The minimum absolute atomic E-state index is 0.218. The lowest BCUT2D eigenvalue weighted by atomic mass is 10.2. The fourth-order valence-corrected chi connectivity index (χ4v) is 8.20. The van der Waals surface area contributed by atoms with E-state index in [2.05, 4.69) is 97.9 Å². The van der Waals surface area contributed by atoms with E-state index in [4.69, 9.17) is 4.74 Å². The van der Waals surface area contributed by atoms with E-state index in [0.717, 1.165) is 6.16 Å². The minimum atomic E-state index is -1.86. The number of benzene rings is 3. The fourth-order valence-electron chi connectivity index (χ4n) is 3.59. The summed E-state index contributed by atoms with van der Waals surface area (Å²) in [7, 11) is -1.86. The van der Waals surface area contributed by atoms with Gasteiger partial charge in [-0.25, -0.2) is 0 Å². The predicted octanol–water partition coefficient (Wildman–Crippen LogP) is 4.18. The molecule has 0 aliphatic carbocycles. The first-order valence-electron chi connectivity index (χ1n) is 9.31. The monoisotopic (exact) mass is 377 g/mol. The summed E-state index contributed by atoms with van der Waals surface area (Å²) < 4.78 is 5.34. The summed E-state index contributed by atoms with van der Waals surface area (Å²) in [5.41, 5.74) is 0. The van der Waals surface area contributed by atoms with Crippen LogP contribution < -0.4 is 15.9 Å². The van der Waals surface area contributed by atoms with Crippen LogP contribution in [0.25, 0.3) is 0 Å². The Hall–Kier alpha value is -2.44. The van der Waals surface area contributed by atoms with Crippen LogP contribution in [0.5, 0.6) is 0 Å². The lowest BCUT2D eigenvalue weighted by Gasteiger charge is -2.29. The highest BCUT2D eigenvalue weighted by atomic mass is 31.2. The number of hydrogen-bond donors (Lipinski definition) is 0. The number of ether oxygens (including phenoxy) is 1. The first kappa shape index (κ1) is 19.3. The SMILES string of the molecule is CC(=O)OC[C@H](C)C[P+](c1ccccc1)(c1ccccc1)c1ccccc1. The molecule has 3 heteroatoms. The van der Waals surface area contributed by atoms with Gasteiger partial charge in [-0.3, -0.25) is 4.79 Å². The molecular formula is C24H26O2P+. The van der Waals surface area contributed by atoms with Crippen LogP contribution in [0.1, 0.15) is 13.8 Å². The van der Waals surface area contributed by atoms with Gasteiger partial charge >= 0.3 is 5.97 Å². The smallest absolute Gasteiger partial charge is 0.302 e. The molecule has 0 saturated carbocycles. The van der Waals surface area contributed by atoms with Crippen LogP contribution in [0, 0.1) is 5.92 Å². The first-order chi connectivity index (χ1) is 13.1. The molecule has 0 fully saturated rings. The third kappa shape index (κ3) is 4.46. The Morgan fingerprint density at radius 2 is 1.15 bits per heavy atom. The van der Waals surface area contributed by atoms with E-state index in [-0.39, 0.29) is 11.9 Å². The number of esters is 1. The van der Waals surface area contributed by atoms with Crippen LogP contribution in [0.15, 0.2) is 91.0 Å². The van der Waals surface area contributed by atoms with Gasteiger partial charge in [0.15, 0.2) is 0 Å². The van der Waals surface area contributed by atoms with E-state index in [9.17, 15) is 4.79 Å². The Kier molecular flexibility index (Phi) is 6.42. The molecule has 2 nitrogen and oxygen atoms in total. The molecule has 27 heavy (non-hydrogen) atoms. The van der Waals surface area contributed by atoms with Crippen molar-refractivity contribution in [2.75, 3.05) is 12.8 Å². The van der Waals surface area contributed by atoms with E-state index in [1.165, 1.54) is 22.8 Å². The molecule has 3 rings (SSSR count). The average Bonchev–Trinajstić information content (AvgIpc) is 2.72. The molecule has 0 unspecified atom stereocenters. The molecule has 0 bridgehead atoms. The van der Waals surface area contributed by atoms with Crippen LogP contribution in [-0.2, 0) is 9.53 Å². The van der Waals surface area contributed by atoms with Crippen molar-refractivity contribution in [3.63, 3.8) is 0 Å². The van der Waals surface area contributed by atoms with Crippen LogP contribution in [0.3, 0.4) is 0 Å². The van der Waals surface area contributed by atoms with Gasteiger partial charge in [0.2, 0.25) is 0 Å². The zero-order chi connectivity index (χ0) is 19.1. The third-order valence-corrected chi connectivity index (χ3v) is 9.46. The lowest BCUT2D eigenvalue weighted by molar-refractivity contribution is -0.141. The molecule has 0 amide bonds. The number of carbonyl (C=O) groups is 1. The summed E-state index contributed by atoms with van der Waals surface area (Å²) in [5.74, 6) is 0.0350. The molecule has 0 aromatic heterocycles. The molecule has 138 valence electrons. The Balaban J connectivity index is 2.15. The highest BCUT2D eigenvalue weighted by molar-refractivity contribution is 7.95. The Morgan fingerprint density at radius 3 is 1.48 bits per heavy atom. The summed E-state index contributed by atoms with van der Waals surface area (Å²) in [4.78, 5) is 11.3. The van der Waals surface area contributed by atoms with Gasteiger partial charge in [-0.15, -0.1) is 0 Å². The van der Waals surface area contributed by atoms with Crippen LogP contribution in [-0.4, -0.2) is 18.7 Å². The lowest BCUT2D eigenvalue weighted by Crippen LogP contribution is -2.36. The number of hydrogen-bond acceptors (Lipinski definition) is 2. The first-order valence-corrected chi connectivity index (χ1v) is 11.3. The van der Waals surface area contributed by atoms with Crippen LogP contribution >= 0.6 is 7.26 Å². The van der Waals surface area contributed by atoms with E-state index in [1.807, 2.05) is 0 Å². The second kappa shape index (κ2) is 8.97. The van der Waals surface area contributed by atoms with Crippen LogP contribution in [0.2, 0.25) is 0 Å². The topological polar surface area (TPSA) is 26.3 Å². The quantitative estimate of drug-likeness (QED) is 0.456. The third-order valence-electron chi connectivity index (χ3n) is 4.75. The summed E-state index contributed by atoms with van der Waals surface area (Å²) in [6, 6.07) is 32.4. The maximum absolute atomic E-state index is 11.3. The second-order valence-corrected chi connectivity index (χ2v) is 10.4. The van der Waals surface area contributed by atoms with Crippen molar-refractivity contribution >= 4 is 29.1 Å². The Bertz CT molecular complexity index is 751. The predicted molar refractivity (Wildman–Crippen MR) is 116 cm³/mol. The maximum Gasteiger partial charge on any atom is 0.302 e. The number of rotatable bonds is 7. The summed E-state index contributed by atoms with van der Waals surface area (Å²) in [6.45, 7) is 4.09. The summed E-state index contributed by atoms with van der Waals surface area (Å²) >= 11 is 0. The van der Waals surface area contributed by atoms with E-state index < -0.39 is 7.26 Å².